The Morgan fingerprint density at radius 1 is 1.00 bits per heavy atom. The SMILES string of the molecule is CCC1CCC(CCc2ccc3c(c2)CCC(=O)C3)CC1. The maximum atomic E-state index is 11.5. The van der Waals surface area contributed by atoms with Crippen molar-refractivity contribution in [2.45, 2.75) is 71.1 Å². The lowest BCUT2D eigenvalue weighted by molar-refractivity contribution is -0.118. The summed E-state index contributed by atoms with van der Waals surface area (Å²) >= 11 is 0. The number of rotatable bonds is 4. The van der Waals surface area contributed by atoms with Crippen molar-refractivity contribution in [3.8, 4) is 0 Å². The van der Waals surface area contributed by atoms with Crippen LogP contribution in [0.3, 0.4) is 0 Å². The van der Waals surface area contributed by atoms with E-state index in [2.05, 4.69) is 25.1 Å². The lowest BCUT2D eigenvalue weighted by Crippen LogP contribution is -2.15. The van der Waals surface area contributed by atoms with Crippen LogP contribution in [0.5, 0.6) is 0 Å². The normalized spacial score (nSPS) is 25.7. The highest BCUT2D eigenvalue weighted by Crippen LogP contribution is 2.33. The third kappa shape index (κ3) is 3.75. The van der Waals surface area contributed by atoms with E-state index in [0.717, 1.165) is 24.7 Å². The van der Waals surface area contributed by atoms with Crippen LogP contribution in [0.25, 0.3) is 0 Å². The highest BCUT2D eigenvalue weighted by Gasteiger charge is 2.20. The van der Waals surface area contributed by atoms with Gasteiger partial charge < -0.3 is 0 Å². The van der Waals surface area contributed by atoms with E-state index in [-0.39, 0.29) is 0 Å². The number of hydrogen-bond donors (Lipinski definition) is 0. The minimum Gasteiger partial charge on any atom is -0.299 e. The smallest absolute Gasteiger partial charge is 0.137 e. The van der Waals surface area contributed by atoms with Gasteiger partial charge in [0.1, 0.15) is 5.78 Å². The topological polar surface area (TPSA) is 17.1 Å². The van der Waals surface area contributed by atoms with E-state index in [4.69, 9.17) is 0 Å². The van der Waals surface area contributed by atoms with E-state index in [1.54, 1.807) is 0 Å². The molecule has 3 rings (SSSR count). The number of aryl methyl sites for hydroxylation is 2. The number of hydrogen-bond acceptors (Lipinski definition) is 1. The van der Waals surface area contributed by atoms with Gasteiger partial charge in [0.15, 0.2) is 0 Å². The molecule has 0 spiro atoms. The Morgan fingerprint density at radius 2 is 1.76 bits per heavy atom. The highest BCUT2D eigenvalue weighted by atomic mass is 16.1. The van der Waals surface area contributed by atoms with Crippen LogP contribution in [0.4, 0.5) is 0 Å². The summed E-state index contributed by atoms with van der Waals surface area (Å²) in [6.45, 7) is 2.34. The number of benzene rings is 1. The number of carbonyl (C=O) groups is 1. The molecule has 1 nitrogen and oxygen atoms in total. The van der Waals surface area contributed by atoms with E-state index >= 15 is 0 Å². The van der Waals surface area contributed by atoms with Gasteiger partial charge in [0.2, 0.25) is 0 Å². The molecule has 0 heterocycles. The molecule has 1 aromatic carbocycles. The first-order chi connectivity index (χ1) is 10.2. The molecule has 21 heavy (non-hydrogen) atoms. The second kappa shape index (κ2) is 6.77. The van der Waals surface area contributed by atoms with E-state index in [0.29, 0.717) is 12.2 Å². The number of fused-ring (bicyclic) bond motifs is 1. The summed E-state index contributed by atoms with van der Waals surface area (Å²) in [5, 5.41) is 0. The zero-order valence-corrected chi connectivity index (χ0v) is 13.4. The lowest BCUT2D eigenvalue weighted by Gasteiger charge is -2.27. The van der Waals surface area contributed by atoms with Gasteiger partial charge in [-0.2, -0.15) is 0 Å². The van der Waals surface area contributed by atoms with Crippen molar-refractivity contribution in [1.29, 1.82) is 0 Å². The molecular formula is C20H28O. The maximum Gasteiger partial charge on any atom is 0.137 e. The van der Waals surface area contributed by atoms with Crippen LogP contribution in [0.15, 0.2) is 18.2 Å². The molecule has 0 bridgehead atoms. The molecule has 0 N–H and O–H groups in total. The van der Waals surface area contributed by atoms with Crippen molar-refractivity contribution in [3.05, 3.63) is 34.9 Å². The molecule has 0 saturated heterocycles. The highest BCUT2D eigenvalue weighted by molar-refractivity contribution is 5.83. The Morgan fingerprint density at radius 3 is 2.52 bits per heavy atom. The van der Waals surface area contributed by atoms with E-state index in [9.17, 15) is 4.79 Å². The fourth-order valence-corrected chi connectivity index (χ4v) is 4.11. The van der Waals surface area contributed by atoms with Crippen LogP contribution in [-0.2, 0) is 24.1 Å². The molecule has 1 aromatic rings. The predicted octanol–water partition coefficient (Wildman–Crippen LogP) is 4.89. The molecule has 0 atom stereocenters. The molecule has 0 aromatic heterocycles. The average molecular weight is 284 g/mol. The predicted molar refractivity (Wildman–Crippen MR) is 87.5 cm³/mol. The molecule has 0 aliphatic heterocycles. The van der Waals surface area contributed by atoms with Crippen LogP contribution in [0.1, 0.15) is 68.6 Å². The fourth-order valence-electron chi connectivity index (χ4n) is 4.11. The van der Waals surface area contributed by atoms with Crippen molar-refractivity contribution in [2.24, 2.45) is 11.8 Å². The molecule has 1 saturated carbocycles. The molecule has 0 amide bonds. The summed E-state index contributed by atoms with van der Waals surface area (Å²) in [7, 11) is 0. The van der Waals surface area contributed by atoms with Gasteiger partial charge in [-0.3, -0.25) is 4.79 Å². The Balaban J connectivity index is 1.53. The van der Waals surface area contributed by atoms with Crippen molar-refractivity contribution in [2.75, 3.05) is 0 Å². The summed E-state index contributed by atoms with van der Waals surface area (Å²) < 4.78 is 0. The standard InChI is InChI=1S/C20H28O/c1-2-15-3-5-16(6-4-15)7-8-17-9-10-19-14-20(21)12-11-18(19)13-17/h9-10,13,15-16H,2-8,11-12,14H2,1H3. The van der Waals surface area contributed by atoms with E-state index < -0.39 is 0 Å². The molecule has 0 radical (unpaired) electrons. The summed E-state index contributed by atoms with van der Waals surface area (Å²) in [6.07, 6.45) is 12.1. The zero-order valence-electron chi connectivity index (χ0n) is 13.4. The van der Waals surface area contributed by atoms with E-state index in [1.165, 1.54) is 61.6 Å². The second-order valence-corrected chi connectivity index (χ2v) is 7.15. The van der Waals surface area contributed by atoms with Gasteiger partial charge in [0.05, 0.1) is 0 Å². The first-order valence-corrected chi connectivity index (χ1v) is 8.87. The molecule has 0 unspecified atom stereocenters. The van der Waals surface area contributed by atoms with Crippen LogP contribution < -0.4 is 0 Å². The average Bonchev–Trinajstić information content (AvgIpc) is 2.53. The molecule has 2 aliphatic rings. The van der Waals surface area contributed by atoms with Crippen molar-refractivity contribution >= 4 is 5.78 Å². The molecule has 114 valence electrons. The Labute approximate surface area is 129 Å². The summed E-state index contributed by atoms with van der Waals surface area (Å²) in [5.74, 6) is 2.36. The van der Waals surface area contributed by atoms with Crippen LogP contribution in [-0.4, -0.2) is 5.78 Å². The number of ketones is 1. The summed E-state index contributed by atoms with van der Waals surface area (Å²) in [4.78, 5) is 11.5. The Hall–Kier alpha value is -1.11. The fraction of sp³-hybridized carbons (Fsp3) is 0.650. The molecular weight excluding hydrogens is 256 g/mol. The molecule has 1 fully saturated rings. The Bertz CT molecular complexity index is 495. The largest absolute Gasteiger partial charge is 0.299 e. The van der Waals surface area contributed by atoms with Gasteiger partial charge >= 0.3 is 0 Å². The van der Waals surface area contributed by atoms with Crippen molar-refractivity contribution < 1.29 is 4.79 Å². The van der Waals surface area contributed by atoms with Gasteiger partial charge in [-0.1, -0.05) is 57.2 Å². The van der Waals surface area contributed by atoms with E-state index in [1.807, 2.05) is 0 Å². The van der Waals surface area contributed by atoms with Gasteiger partial charge in [0, 0.05) is 12.8 Å². The van der Waals surface area contributed by atoms with Crippen molar-refractivity contribution in [3.63, 3.8) is 0 Å². The minimum atomic E-state index is 0.405. The van der Waals surface area contributed by atoms with Gasteiger partial charge in [-0.15, -0.1) is 0 Å². The van der Waals surface area contributed by atoms with Crippen LogP contribution in [0, 0.1) is 11.8 Å². The lowest BCUT2D eigenvalue weighted by atomic mass is 9.78. The number of carbonyl (C=O) groups excluding carboxylic acids is 1. The zero-order chi connectivity index (χ0) is 14.7. The summed E-state index contributed by atoms with van der Waals surface area (Å²) in [6, 6.07) is 6.84. The first-order valence-electron chi connectivity index (χ1n) is 8.87. The maximum absolute atomic E-state index is 11.5. The third-order valence-electron chi connectivity index (χ3n) is 5.72. The first kappa shape index (κ1) is 14.8. The van der Waals surface area contributed by atoms with Gasteiger partial charge in [-0.05, 0) is 47.8 Å². The third-order valence-corrected chi connectivity index (χ3v) is 5.72. The minimum absolute atomic E-state index is 0.405. The van der Waals surface area contributed by atoms with Crippen LogP contribution >= 0.6 is 0 Å². The monoisotopic (exact) mass is 284 g/mol. The summed E-state index contributed by atoms with van der Waals surface area (Å²) in [5.41, 5.74) is 4.20. The van der Waals surface area contributed by atoms with Gasteiger partial charge in [-0.25, -0.2) is 0 Å². The number of Topliss-reactive ketones (excluding diaryl/α,β-unsaturated/α-hetero) is 1. The van der Waals surface area contributed by atoms with Gasteiger partial charge in [0.25, 0.3) is 0 Å². The Kier molecular flexibility index (Phi) is 4.77. The van der Waals surface area contributed by atoms with Crippen molar-refractivity contribution in [1.82, 2.24) is 0 Å². The quantitative estimate of drug-likeness (QED) is 0.769. The van der Waals surface area contributed by atoms with Crippen LogP contribution in [0.2, 0.25) is 0 Å². The second-order valence-electron chi connectivity index (χ2n) is 7.15. The molecule has 2 aliphatic carbocycles. The molecule has 1 heteroatoms.